The summed E-state index contributed by atoms with van der Waals surface area (Å²) in [6, 6.07) is 4.98. The monoisotopic (exact) mass is 284 g/mol. The summed E-state index contributed by atoms with van der Waals surface area (Å²) in [5.74, 6) is 0.294. The quantitative estimate of drug-likeness (QED) is 0.438. The Bertz CT molecular complexity index is 457. The van der Waals surface area contributed by atoms with Crippen molar-refractivity contribution in [3.63, 3.8) is 0 Å². The van der Waals surface area contributed by atoms with Gasteiger partial charge in [0.1, 0.15) is 5.75 Å². The second-order valence-electron chi connectivity index (χ2n) is 4.05. The molecule has 0 aliphatic heterocycles. The number of halogens is 1. The molecule has 4 nitrogen and oxygen atoms in total. The van der Waals surface area contributed by atoms with Gasteiger partial charge in [0, 0.05) is 18.4 Å². The van der Waals surface area contributed by atoms with Gasteiger partial charge < -0.3 is 9.47 Å². The summed E-state index contributed by atoms with van der Waals surface area (Å²) >= 11 is 5.98. The molecule has 0 bridgehead atoms. The molecule has 1 aromatic rings. The van der Waals surface area contributed by atoms with Gasteiger partial charge in [0.2, 0.25) is 0 Å². The van der Waals surface area contributed by atoms with E-state index in [2.05, 4.69) is 4.74 Å². The first kappa shape index (κ1) is 15.5. The van der Waals surface area contributed by atoms with Crippen LogP contribution >= 0.6 is 11.6 Å². The Balaban J connectivity index is 2.51. The minimum absolute atomic E-state index is 0.0474. The number of carbonyl (C=O) groups excluding carboxylic acids is 2. The second kappa shape index (κ2) is 7.79. The molecular formula is C14H17ClO4. The number of esters is 1. The van der Waals surface area contributed by atoms with Crippen molar-refractivity contribution >= 4 is 23.4 Å². The Hall–Kier alpha value is -1.55. The maximum Gasteiger partial charge on any atom is 0.305 e. The van der Waals surface area contributed by atoms with Gasteiger partial charge in [-0.2, -0.15) is 0 Å². The van der Waals surface area contributed by atoms with Gasteiger partial charge in [-0.1, -0.05) is 11.6 Å². The highest BCUT2D eigenvalue weighted by Gasteiger charge is 2.12. The van der Waals surface area contributed by atoms with Crippen LogP contribution in [0.15, 0.2) is 18.2 Å². The van der Waals surface area contributed by atoms with Crippen LogP contribution in [-0.2, 0) is 9.53 Å². The number of hydrogen-bond acceptors (Lipinski definition) is 4. The largest absolute Gasteiger partial charge is 0.497 e. The first-order valence-corrected chi connectivity index (χ1v) is 6.40. The molecule has 5 heteroatoms. The maximum atomic E-state index is 12.0. The van der Waals surface area contributed by atoms with Gasteiger partial charge in [0.15, 0.2) is 5.78 Å². The fraction of sp³-hybridized carbons (Fsp3) is 0.429. The van der Waals surface area contributed by atoms with Crippen molar-refractivity contribution in [2.24, 2.45) is 0 Å². The van der Waals surface area contributed by atoms with Crippen molar-refractivity contribution < 1.29 is 19.1 Å². The summed E-state index contributed by atoms with van der Waals surface area (Å²) in [4.78, 5) is 22.9. The van der Waals surface area contributed by atoms with Crippen molar-refractivity contribution in [3.05, 3.63) is 28.8 Å². The van der Waals surface area contributed by atoms with E-state index in [1.165, 1.54) is 14.2 Å². The minimum atomic E-state index is -0.258. The van der Waals surface area contributed by atoms with E-state index < -0.39 is 0 Å². The molecule has 0 radical (unpaired) electrons. The van der Waals surface area contributed by atoms with Crippen LogP contribution < -0.4 is 4.74 Å². The molecule has 0 aliphatic rings. The smallest absolute Gasteiger partial charge is 0.305 e. The Kier molecular flexibility index (Phi) is 6.36. The predicted molar refractivity (Wildman–Crippen MR) is 72.8 cm³/mol. The van der Waals surface area contributed by atoms with Crippen LogP contribution in [0, 0.1) is 0 Å². The van der Waals surface area contributed by atoms with Crippen LogP contribution in [0.5, 0.6) is 5.75 Å². The van der Waals surface area contributed by atoms with Crippen LogP contribution in [0.3, 0.4) is 0 Å². The average Bonchev–Trinajstić information content (AvgIpc) is 2.43. The van der Waals surface area contributed by atoms with E-state index in [0.29, 0.717) is 42.0 Å². The molecule has 0 heterocycles. The Labute approximate surface area is 117 Å². The van der Waals surface area contributed by atoms with Crippen molar-refractivity contribution in [2.45, 2.75) is 25.7 Å². The Morgan fingerprint density at radius 2 is 1.84 bits per heavy atom. The number of hydrogen-bond donors (Lipinski definition) is 0. The van der Waals surface area contributed by atoms with E-state index >= 15 is 0 Å². The number of Topliss-reactive ketones (excluding diaryl/α,β-unsaturated/α-hetero) is 1. The zero-order chi connectivity index (χ0) is 14.3. The molecule has 0 saturated carbocycles. The standard InChI is InChI=1S/C14H17ClO4/c1-18-10-7-8-12(15)11(9-10)13(16)5-3-4-6-14(17)19-2/h7-9H,3-6H2,1-2H3. The summed E-state index contributed by atoms with van der Waals surface area (Å²) in [6.45, 7) is 0. The number of benzene rings is 1. The molecule has 0 atom stereocenters. The molecule has 1 aromatic carbocycles. The minimum Gasteiger partial charge on any atom is -0.497 e. The van der Waals surface area contributed by atoms with Gasteiger partial charge >= 0.3 is 5.97 Å². The number of methoxy groups -OCH3 is 2. The average molecular weight is 285 g/mol. The fourth-order valence-corrected chi connectivity index (χ4v) is 1.86. The van der Waals surface area contributed by atoms with Gasteiger partial charge in [-0.15, -0.1) is 0 Å². The van der Waals surface area contributed by atoms with Crippen molar-refractivity contribution in [2.75, 3.05) is 14.2 Å². The molecule has 0 unspecified atom stereocenters. The molecule has 0 spiro atoms. The molecule has 0 aliphatic carbocycles. The van der Waals surface area contributed by atoms with Gasteiger partial charge in [-0.05, 0) is 31.0 Å². The predicted octanol–water partition coefficient (Wildman–Crippen LogP) is 3.26. The fourth-order valence-electron chi connectivity index (χ4n) is 1.64. The van der Waals surface area contributed by atoms with Crippen LogP contribution in [0.25, 0.3) is 0 Å². The molecule has 0 N–H and O–H groups in total. The number of rotatable bonds is 7. The zero-order valence-electron chi connectivity index (χ0n) is 11.1. The van der Waals surface area contributed by atoms with E-state index in [9.17, 15) is 9.59 Å². The summed E-state index contributed by atoms with van der Waals surface area (Å²) in [6.07, 6.45) is 1.93. The van der Waals surface area contributed by atoms with Gasteiger partial charge in [-0.25, -0.2) is 0 Å². The summed E-state index contributed by atoms with van der Waals surface area (Å²) in [5, 5.41) is 0.416. The van der Waals surface area contributed by atoms with E-state index in [4.69, 9.17) is 16.3 Å². The lowest BCUT2D eigenvalue weighted by Crippen LogP contribution is -2.03. The van der Waals surface area contributed by atoms with Gasteiger partial charge in [0.25, 0.3) is 0 Å². The van der Waals surface area contributed by atoms with E-state index in [0.717, 1.165) is 0 Å². The molecular weight excluding hydrogens is 268 g/mol. The lowest BCUT2D eigenvalue weighted by molar-refractivity contribution is -0.140. The van der Waals surface area contributed by atoms with E-state index in [-0.39, 0.29) is 11.8 Å². The third kappa shape index (κ3) is 4.91. The first-order chi connectivity index (χ1) is 9.08. The summed E-state index contributed by atoms with van der Waals surface area (Å²) in [5.41, 5.74) is 0.457. The molecule has 0 amide bonds. The highest BCUT2D eigenvalue weighted by molar-refractivity contribution is 6.34. The third-order valence-electron chi connectivity index (χ3n) is 2.74. The molecule has 0 fully saturated rings. The lowest BCUT2D eigenvalue weighted by atomic mass is 10.0. The van der Waals surface area contributed by atoms with Crippen molar-refractivity contribution in [3.8, 4) is 5.75 Å². The molecule has 19 heavy (non-hydrogen) atoms. The summed E-state index contributed by atoms with van der Waals surface area (Å²) in [7, 11) is 2.89. The zero-order valence-corrected chi connectivity index (χ0v) is 11.8. The second-order valence-corrected chi connectivity index (χ2v) is 4.46. The summed E-state index contributed by atoms with van der Waals surface area (Å²) < 4.78 is 9.59. The molecule has 0 aromatic heterocycles. The van der Waals surface area contributed by atoms with Crippen LogP contribution in [0.1, 0.15) is 36.0 Å². The van der Waals surface area contributed by atoms with Crippen molar-refractivity contribution in [1.29, 1.82) is 0 Å². The molecule has 0 saturated heterocycles. The van der Waals surface area contributed by atoms with Gasteiger partial charge in [0.05, 0.1) is 19.2 Å². The number of carbonyl (C=O) groups is 2. The lowest BCUT2D eigenvalue weighted by Gasteiger charge is -2.06. The first-order valence-electron chi connectivity index (χ1n) is 6.02. The van der Waals surface area contributed by atoms with Crippen LogP contribution in [0.4, 0.5) is 0 Å². The number of ketones is 1. The maximum absolute atomic E-state index is 12.0. The molecule has 104 valence electrons. The SMILES string of the molecule is COC(=O)CCCCC(=O)c1cc(OC)ccc1Cl. The molecule has 1 rings (SSSR count). The third-order valence-corrected chi connectivity index (χ3v) is 3.07. The number of ether oxygens (including phenoxy) is 2. The topological polar surface area (TPSA) is 52.6 Å². The normalized spacial score (nSPS) is 10.1. The van der Waals surface area contributed by atoms with E-state index in [1.807, 2.05) is 0 Å². The Morgan fingerprint density at radius 1 is 1.16 bits per heavy atom. The Morgan fingerprint density at radius 3 is 2.47 bits per heavy atom. The highest BCUT2D eigenvalue weighted by Crippen LogP contribution is 2.23. The van der Waals surface area contributed by atoms with Crippen LogP contribution in [-0.4, -0.2) is 26.0 Å². The van der Waals surface area contributed by atoms with E-state index in [1.54, 1.807) is 18.2 Å². The van der Waals surface area contributed by atoms with Crippen LogP contribution in [0.2, 0.25) is 5.02 Å². The van der Waals surface area contributed by atoms with Crippen molar-refractivity contribution in [1.82, 2.24) is 0 Å². The van der Waals surface area contributed by atoms with Gasteiger partial charge in [-0.3, -0.25) is 9.59 Å². The highest BCUT2D eigenvalue weighted by atomic mass is 35.5. The number of unbranched alkanes of at least 4 members (excludes halogenated alkanes) is 1.